The van der Waals surface area contributed by atoms with Crippen LogP contribution in [0.15, 0.2) is 29.2 Å². The molecule has 25 heavy (non-hydrogen) atoms. The van der Waals surface area contributed by atoms with Crippen LogP contribution in [0.1, 0.15) is 33.5 Å². The third-order valence-corrected chi connectivity index (χ3v) is 7.23. The van der Waals surface area contributed by atoms with Gasteiger partial charge in [0.15, 0.2) is 0 Å². The molecule has 5 nitrogen and oxygen atoms in total. The molecule has 1 aliphatic rings. The van der Waals surface area contributed by atoms with Gasteiger partial charge in [0.05, 0.1) is 9.90 Å². The minimum atomic E-state index is -4.02. The highest BCUT2D eigenvalue weighted by molar-refractivity contribution is 7.89. The first-order valence-electron chi connectivity index (χ1n) is 7.65. The van der Waals surface area contributed by atoms with Crippen molar-refractivity contribution >= 4 is 50.5 Å². The number of sulfonamides is 1. The average Bonchev–Trinajstić information content (AvgIpc) is 2.98. The van der Waals surface area contributed by atoms with Gasteiger partial charge in [-0.25, -0.2) is 8.42 Å². The molecule has 0 saturated carbocycles. The number of carbonyl (C=O) groups excluding carboxylic acids is 1. The quantitative estimate of drug-likeness (QED) is 0.741. The molecule has 1 atom stereocenters. The normalized spacial score (nSPS) is 17.2. The lowest BCUT2D eigenvalue weighted by molar-refractivity contribution is 0.0949. The second-order valence-corrected chi connectivity index (χ2v) is 9.67. The van der Waals surface area contributed by atoms with Crippen molar-refractivity contribution in [2.75, 3.05) is 0 Å². The molecular weight excluding hydrogens is 403 g/mol. The lowest BCUT2D eigenvalue weighted by Gasteiger charge is -2.16. The third kappa shape index (κ3) is 4.17. The van der Waals surface area contributed by atoms with E-state index in [4.69, 9.17) is 23.2 Å². The number of rotatable bonds is 4. The largest absolute Gasteiger partial charge is 0.276 e. The summed E-state index contributed by atoms with van der Waals surface area (Å²) in [5.41, 5.74) is 3.41. The molecule has 0 bridgehead atoms. The second-order valence-electron chi connectivity index (χ2n) is 6.04. The first-order valence-corrected chi connectivity index (χ1v) is 10.7. The van der Waals surface area contributed by atoms with Crippen LogP contribution in [0.25, 0.3) is 0 Å². The summed E-state index contributed by atoms with van der Waals surface area (Å²) in [7, 11) is -4.02. The molecule has 0 spiro atoms. The maximum atomic E-state index is 12.3. The van der Waals surface area contributed by atoms with Crippen molar-refractivity contribution in [1.82, 2.24) is 10.3 Å². The van der Waals surface area contributed by atoms with E-state index >= 15 is 0 Å². The van der Waals surface area contributed by atoms with E-state index in [2.05, 4.69) is 17.2 Å². The van der Waals surface area contributed by atoms with Crippen LogP contribution in [0.4, 0.5) is 0 Å². The molecule has 1 heterocycles. The van der Waals surface area contributed by atoms with Gasteiger partial charge < -0.3 is 0 Å². The Morgan fingerprint density at radius 3 is 2.80 bits per heavy atom. The fraction of sp³-hybridized carbons (Fsp3) is 0.312. The van der Waals surface area contributed by atoms with Gasteiger partial charge in [0.25, 0.3) is 15.9 Å². The summed E-state index contributed by atoms with van der Waals surface area (Å²) < 4.78 is 24.6. The van der Waals surface area contributed by atoms with Crippen LogP contribution < -0.4 is 10.3 Å². The molecule has 1 aliphatic carbocycles. The zero-order valence-electron chi connectivity index (χ0n) is 13.3. The van der Waals surface area contributed by atoms with Gasteiger partial charge in [-0.3, -0.25) is 10.2 Å². The monoisotopic (exact) mass is 418 g/mol. The summed E-state index contributed by atoms with van der Waals surface area (Å²) in [6.45, 7) is 2.18. The molecule has 9 heteroatoms. The lowest BCUT2D eigenvalue weighted by atomic mass is 9.90. The fourth-order valence-corrected chi connectivity index (χ4v) is 5.44. The van der Waals surface area contributed by atoms with Crippen molar-refractivity contribution in [3.05, 3.63) is 49.6 Å². The number of carbonyl (C=O) groups is 1. The summed E-state index contributed by atoms with van der Waals surface area (Å²) >= 11 is 13.1. The maximum Gasteiger partial charge on any atom is 0.276 e. The number of amides is 1. The number of halogens is 2. The molecule has 1 amide bonds. The molecule has 1 aromatic carbocycles. The Labute approximate surface area is 160 Å². The number of fused-ring (bicyclic) bond motifs is 1. The Kier molecular flexibility index (Phi) is 5.41. The summed E-state index contributed by atoms with van der Waals surface area (Å²) in [5, 5.41) is 0.253. The molecule has 2 N–H and O–H groups in total. The van der Waals surface area contributed by atoms with Crippen molar-refractivity contribution in [1.29, 1.82) is 0 Å². The van der Waals surface area contributed by atoms with Crippen LogP contribution in [0.2, 0.25) is 10.0 Å². The van der Waals surface area contributed by atoms with Gasteiger partial charge in [-0.15, -0.1) is 16.2 Å². The second kappa shape index (κ2) is 7.25. The highest BCUT2D eigenvalue weighted by atomic mass is 35.5. The first-order chi connectivity index (χ1) is 11.8. The van der Waals surface area contributed by atoms with E-state index in [9.17, 15) is 13.2 Å². The smallest absolute Gasteiger partial charge is 0.273 e. The van der Waals surface area contributed by atoms with Crippen LogP contribution in [0, 0.1) is 5.92 Å². The van der Waals surface area contributed by atoms with E-state index in [1.54, 1.807) is 0 Å². The average molecular weight is 419 g/mol. The minimum absolute atomic E-state index is 0.0201. The standard InChI is InChI=1S/C16H16Cl2N2O3S2/c1-9-2-5-13-10(6-9)7-14(24-13)16(21)19-20-25(22,23)15-8-11(17)3-4-12(15)18/h3-4,7-9,20H,2,5-6H2,1H3,(H,19,21). The summed E-state index contributed by atoms with van der Waals surface area (Å²) in [6.07, 6.45) is 3.01. The van der Waals surface area contributed by atoms with Gasteiger partial charge in [0.2, 0.25) is 0 Å². The number of hydrogen-bond acceptors (Lipinski definition) is 4. The Morgan fingerprint density at radius 1 is 1.28 bits per heavy atom. The lowest BCUT2D eigenvalue weighted by Crippen LogP contribution is -2.41. The van der Waals surface area contributed by atoms with E-state index in [1.807, 2.05) is 6.07 Å². The molecule has 2 aromatic rings. The molecule has 3 rings (SSSR count). The molecule has 1 aromatic heterocycles. The summed E-state index contributed by atoms with van der Waals surface area (Å²) in [5.74, 6) is 0.107. The Morgan fingerprint density at radius 2 is 2.04 bits per heavy atom. The van der Waals surface area contributed by atoms with Crippen LogP contribution >= 0.6 is 34.5 Å². The van der Waals surface area contributed by atoms with Crippen molar-refractivity contribution in [3.8, 4) is 0 Å². The number of thiophene rings is 1. The van der Waals surface area contributed by atoms with Crippen molar-refractivity contribution < 1.29 is 13.2 Å². The number of hydrazine groups is 1. The number of benzene rings is 1. The van der Waals surface area contributed by atoms with E-state index in [0.717, 1.165) is 19.3 Å². The highest BCUT2D eigenvalue weighted by Crippen LogP contribution is 2.32. The third-order valence-electron chi connectivity index (χ3n) is 4.03. The van der Waals surface area contributed by atoms with Gasteiger partial charge in [-0.1, -0.05) is 30.1 Å². The Hall–Kier alpha value is -1.12. The molecule has 1 unspecified atom stereocenters. The maximum absolute atomic E-state index is 12.3. The molecule has 0 aliphatic heterocycles. The molecule has 134 valence electrons. The van der Waals surface area contributed by atoms with Crippen molar-refractivity contribution in [2.45, 2.75) is 31.1 Å². The predicted octanol–water partition coefficient (Wildman–Crippen LogP) is 3.80. The van der Waals surface area contributed by atoms with Crippen molar-refractivity contribution in [2.24, 2.45) is 5.92 Å². The zero-order chi connectivity index (χ0) is 18.2. The topological polar surface area (TPSA) is 75.3 Å². The Balaban J connectivity index is 1.73. The van der Waals surface area contributed by atoms with Gasteiger partial charge in [0.1, 0.15) is 4.90 Å². The van der Waals surface area contributed by atoms with E-state index in [1.165, 1.54) is 40.0 Å². The minimum Gasteiger partial charge on any atom is -0.273 e. The molecular formula is C16H16Cl2N2O3S2. The van der Waals surface area contributed by atoms with Gasteiger partial charge >= 0.3 is 0 Å². The van der Waals surface area contributed by atoms with E-state index < -0.39 is 15.9 Å². The first kappa shape index (κ1) is 18.7. The number of hydrogen-bond donors (Lipinski definition) is 2. The van der Waals surface area contributed by atoms with Gasteiger partial charge in [-0.2, -0.15) is 0 Å². The highest BCUT2D eigenvalue weighted by Gasteiger charge is 2.23. The number of aryl methyl sites for hydroxylation is 1. The van der Waals surface area contributed by atoms with E-state index in [0.29, 0.717) is 10.8 Å². The van der Waals surface area contributed by atoms with Gasteiger partial charge in [0, 0.05) is 9.90 Å². The zero-order valence-corrected chi connectivity index (χ0v) is 16.5. The molecule has 0 saturated heterocycles. The molecule has 0 radical (unpaired) electrons. The summed E-state index contributed by atoms with van der Waals surface area (Å²) in [4.78, 5) is 15.8. The van der Waals surface area contributed by atoms with Crippen molar-refractivity contribution in [3.63, 3.8) is 0 Å². The van der Waals surface area contributed by atoms with Crippen LogP contribution in [0.5, 0.6) is 0 Å². The predicted molar refractivity (Wildman–Crippen MR) is 99.8 cm³/mol. The van der Waals surface area contributed by atoms with Crippen LogP contribution in [-0.4, -0.2) is 14.3 Å². The van der Waals surface area contributed by atoms with Crippen LogP contribution in [0.3, 0.4) is 0 Å². The van der Waals surface area contributed by atoms with Crippen LogP contribution in [-0.2, 0) is 22.9 Å². The molecule has 0 fully saturated rings. The number of nitrogens with one attached hydrogen (secondary N) is 2. The summed E-state index contributed by atoms with van der Waals surface area (Å²) in [6, 6.07) is 5.93. The van der Waals surface area contributed by atoms with E-state index in [-0.39, 0.29) is 14.9 Å². The SMILES string of the molecule is CC1CCc2sc(C(=O)NNS(=O)(=O)c3cc(Cl)ccc3Cl)cc2C1. The van der Waals surface area contributed by atoms with Gasteiger partial charge in [-0.05, 0) is 55.0 Å². The Bertz CT molecular complexity index is 925. The fourth-order valence-electron chi connectivity index (χ4n) is 2.73.